The number of alkyl carbamates (subject to hydrolysis) is 1. The Labute approximate surface area is 313 Å². The van der Waals surface area contributed by atoms with Crippen LogP contribution in [0, 0.1) is 11.8 Å². The van der Waals surface area contributed by atoms with E-state index in [0.717, 1.165) is 72.5 Å². The summed E-state index contributed by atoms with van der Waals surface area (Å²) < 4.78 is 24.9. The lowest BCUT2D eigenvalue weighted by molar-refractivity contribution is -0.0609. The van der Waals surface area contributed by atoms with Crippen LogP contribution in [0.15, 0.2) is 30.5 Å². The number of benzene rings is 1. The zero-order valence-corrected chi connectivity index (χ0v) is 33.7. The first-order chi connectivity index (χ1) is 24.7. The minimum absolute atomic E-state index is 0.0816. The van der Waals surface area contributed by atoms with Crippen LogP contribution in [0.4, 0.5) is 4.79 Å². The van der Waals surface area contributed by atoms with Crippen LogP contribution in [0.5, 0.6) is 5.75 Å². The maximum Gasteiger partial charge on any atom is 0.408 e. The Balaban J connectivity index is 1.17. The molecule has 3 saturated heterocycles. The van der Waals surface area contributed by atoms with Gasteiger partial charge in [0.25, 0.3) is 0 Å². The lowest BCUT2D eigenvalue weighted by Crippen LogP contribution is -2.56. The summed E-state index contributed by atoms with van der Waals surface area (Å²) in [7, 11) is 0.929. The third kappa shape index (κ3) is 14.3. The summed E-state index contributed by atoms with van der Waals surface area (Å²) in [6.07, 6.45) is 25.9. The zero-order valence-electron chi connectivity index (χ0n) is 32.9. The third-order valence-electron chi connectivity index (χ3n) is 11.2. The fraction of sp³-hybridized carbons (Fsp3) is 0.767. The van der Waals surface area contributed by atoms with Crippen LogP contribution < -0.4 is 10.1 Å². The van der Waals surface area contributed by atoms with Gasteiger partial charge in [0.1, 0.15) is 11.9 Å². The summed E-state index contributed by atoms with van der Waals surface area (Å²) in [5.74, 6) is 3.50. The number of hydrogen-bond acceptors (Lipinski definition) is 6. The van der Waals surface area contributed by atoms with E-state index in [1.165, 1.54) is 96.3 Å². The summed E-state index contributed by atoms with van der Waals surface area (Å²) in [5.41, 5.74) is 1.43. The lowest BCUT2D eigenvalue weighted by atomic mass is 9.72. The maximum atomic E-state index is 13.2. The highest BCUT2D eigenvalue weighted by Crippen LogP contribution is 2.44. The number of unbranched alkanes of at least 4 members (excludes halogenated alkanes) is 15. The van der Waals surface area contributed by atoms with E-state index in [1.54, 1.807) is 7.11 Å². The van der Waals surface area contributed by atoms with E-state index in [0.29, 0.717) is 11.8 Å². The van der Waals surface area contributed by atoms with E-state index in [2.05, 4.69) is 22.1 Å². The third-order valence-corrected chi connectivity index (χ3v) is 12.7. The molecule has 1 amide bonds. The topological polar surface area (TPSA) is 80.8 Å². The number of carbonyl (C=O) groups excluding carboxylic acids is 1. The van der Waals surface area contributed by atoms with Crippen molar-refractivity contribution in [3.63, 3.8) is 0 Å². The minimum Gasteiger partial charge on any atom is -0.497 e. The number of ether oxygens (including phenoxy) is 2. The van der Waals surface area contributed by atoms with Crippen LogP contribution in [-0.2, 0) is 15.5 Å². The molecule has 4 heterocycles. The highest BCUT2D eigenvalue weighted by atomic mass is 32.2. The summed E-state index contributed by atoms with van der Waals surface area (Å²) >= 11 is 0. The number of hydrogen-bond donors (Lipinski definition) is 1. The van der Waals surface area contributed by atoms with Gasteiger partial charge in [0.15, 0.2) is 0 Å². The first kappa shape index (κ1) is 41.6. The number of fused-ring (bicyclic) bond motifs is 4. The molecule has 2 bridgehead atoms. The van der Waals surface area contributed by atoms with Crippen LogP contribution in [0.3, 0.4) is 0 Å². The highest BCUT2D eigenvalue weighted by molar-refractivity contribution is 7.84. The molecule has 6 atom stereocenters. The van der Waals surface area contributed by atoms with Crippen molar-refractivity contribution in [2.24, 2.45) is 11.8 Å². The van der Waals surface area contributed by atoms with Crippen molar-refractivity contribution in [1.82, 2.24) is 15.2 Å². The first-order valence-corrected chi connectivity index (χ1v) is 22.2. The minimum atomic E-state index is -0.740. The van der Waals surface area contributed by atoms with Crippen molar-refractivity contribution in [2.75, 3.05) is 31.7 Å². The highest BCUT2D eigenvalue weighted by Gasteiger charge is 2.45. The van der Waals surface area contributed by atoms with Crippen molar-refractivity contribution in [1.29, 1.82) is 0 Å². The number of carbonyl (C=O) groups is 1. The predicted molar refractivity (Wildman–Crippen MR) is 214 cm³/mol. The molecule has 1 N–H and O–H groups in total. The van der Waals surface area contributed by atoms with Crippen LogP contribution in [0.2, 0.25) is 0 Å². The van der Waals surface area contributed by atoms with Gasteiger partial charge in [0.2, 0.25) is 0 Å². The molecule has 2 aromatic rings. The zero-order chi connectivity index (χ0) is 36.5. The fourth-order valence-electron chi connectivity index (χ4n) is 8.34. The summed E-state index contributed by atoms with van der Waals surface area (Å²) in [6.45, 7) is 10.2. The summed E-state index contributed by atoms with van der Waals surface area (Å²) in [4.78, 5) is 20.3. The normalized spacial score (nSPS) is 21.4. The van der Waals surface area contributed by atoms with Gasteiger partial charge in [-0.25, -0.2) is 4.79 Å². The van der Waals surface area contributed by atoms with Gasteiger partial charge in [-0.2, -0.15) is 0 Å². The number of rotatable bonds is 24. The quantitative estimate of drug-likeness (QED) is 0.109. The first-order valence-electron chi connectivity index (χ1n) is 20.7. The van der Waals surface area contributed by atoms with Crippen LogP contribution >= 0.6 is 0 Å². The Morgan fingerprint density at radius 1 is 0.922 bits per heavy atom. The van der Waals surface area contributed by atoms with Gasteiger partial charge in [0.05, 0.1) is 18.7 Å². The smallest absolute Gasteiger partial charge is 0.408 e. The van der Waals surface area contributed by atoms with Crippen molar-refractivity contribution < 1.29 is 18.5 Å². The SMILES string of the molecule is CCCCCCCCCCCCCCCCCCS(=O)CC[C@H]1CN2CC[C@H]1C[C@H]2[C@H](OC(=O)NC(C)(C)C)c1ccnc2ccc(OC)cc12. The molecule has 1 aromatic heterocycles. The second-order valence-electron chi connectivity index (χ2n) is 16.5. The molecule has 1 aromatic carbocycles. The summed E-state index contributed by atoms with van der Waals surface area (Å²) in [6, 6.07) is 7.97. The lowest BCUT2D eigenvalue weighted by Gasteiger charge is -2.52. The van der Waals surface area contributed by atoms with Crippen LogP contribution in [0.1, 0.15) is 161 Å². The number of nitrogens with one attached hydrogen (secondary N) is 1. The predicted octanol–water partition coefficient (Wildman–Crippen LogP) is 10.9. The Bertz CT molecular complexity index is 1330. The van der Waals surface area contributed by atoms with Gasteiger partial charge in [-0.1, -0.05) is 103 Å². The Morgan fingerprint density at radius 3 is 2.12 bits per heavy atom. The number of amides is 1. The maximum absolute atomic E-state index is 13.2. The average Bonchev–Trinajstić information content (AvgIpc) is 3.12. The van der Waals surface area contributed by atoms with Crippen molar-refractivity contribution in [2.45, 2.75) is 167 Å². The van der Waals surface area contributed by atoms with Gasteiger partial charge < -0.3 is 14.8 Å². The number of nitrogens with zero attached hydrogens (tertiary/aromatic N) is 2. The molecule has 7 nitrogen and oxygen atoms in total. The van der Waals surface area contributed by atoms with Gasteiger partial charge in [-0.15, -0.1) is 0 Å². The van der Waals surface area contributed by atoms with E-state index in [-0.39, 0.29) is 6.04 Å². The van der Waals surface area contributed by atoms with Gasteiger partial charge in [-0.3, -0.25) is 14.1 Å². The molecule has 3 aliphatic heterocycles. The number of methoxy groups -OCH3 is 1. The molecule has 3 fully saturated rings. The van der Waals surface area contributed by atoms with E-state index in [4.69, 9.17) is 9.47 Å². The molecule has 288 valence electrons. The second-order valence-corrected chi connectivity index (χ2v) is 18.2. The molecule has 8 heteroatoms. The molecule has 2 unspecified atom stereocenters. The molecular weight excluding hydrogens is 655 g/mol. The molecule has 3 aliphatic rings. The second kappa shape index (κ2) is 22.1. The van der Waals surface area contributed by atoms with Crippen LogP contribution in [-0.4, -0.2) is 63.5 Å². The van der Waals surface area contributed by atoms with Crippen molar-refractivity contribution >= 4 is 27.8 Å². The monoisotopic (exact) mass is 726 g/mol. The average molecular weight is 726 g/mol. The van der Waals surface area contributed by atoms with E-state index >= 15 is 0 Å². The largest absolute Gasteiger partial charge is 0.497 e. The van der Waals surface area contributed by atoms with Gasteiger partial charge in [0, 0.05) is 51.5 Å². The number of pyridine rings is 1. The van der Waals surface area contributed by atoms with Crippen molar-refractivity contribution in [3.05, 3.63) is 36.0 Å². The fourth-order valence-corrected chi connectivity index (χ4v) is 9.64. The van der Waals surface area contributed by atoms with E-state index in [1.807, 2.05) is 51.2 Å². The Hall–Kier alpha value is -2.19. The summed E-state index contributed by atoms with van der Waals surface area (Å²) in [5, 5.41) is 3.96. The molecule has 0 radical (unpaired) electrons. The van der Waals surface area contributed by atoms with E-state index < -0.39 is 28.5 Å². The Morgan fingerprint density at radius 2 is 1.55 bits per heavy atom. The molecule has 0 aliphatic carbocycles. The molecule has 0 saturated carbocycles. The molecule has 51 heavy (non-hydrogen) atoms. The van der Waals surface area contributed by atoms with Gasteiger partial charge in [-0.05, 0) is 89.1 Å². The standard InChI is InChI=1S/C43H71N3O4S/c1-6-7-8-9-10-11-12-13-14-15-16-17-18-19-20-21-29-51(48)30-26-35-33-46-28-25-34(35)31-40(46)41(50-42(47)45-43(2,3)4)37-24-27-44-39-23-22-36(49-5)32-38(37)39/h22-24,27,32,34-35,40-41H,6-21,25-26,28-31,33H2,1-5H3,(H,45,47)/t34-,35-,40-,41+,51?/m0/s1. The molecule has 5 rings (SSSR count). The Kier molecular flexibility index (Phi) is 18.0. The van der Waals surface area contributed by atoms with Gasteiger partial charge >= 0.3 is 6.09 Å². The molecular formula is C43H71N3O4S. The van der Waals surface area contributed by atoms with Crippen LogP contribution in [0.25, 0.3) is 10.9 Å². The number of aromatic nitrogens is 1. The number of piperidine rings is 3. The van der Waals surface area contributed by atoms with E-state index in [9.17, 15) is 9.00 Å². The van der Waals surface area contributed by atoms with Crippen molar-refractivity contribution in [3.8, 4) is 5.75 Å². The molecule has 0 spiro atoms.